The second-order valence-electron chi connectivity index (χ2n) is 10.2. The highest BCUT2D eigenvalue weighted by atomic mass is 32.1. The second kappa shape index (κ2) is 10.1. The zero-order valence-corrected chi connectivity index (χ0v) is 22.7. The van der Waals surface area contributed by atoms with Crippen molar-refractivity contribution in [3.05, 3.63) is 97.6 Å². The number of benzene rings is 1. The number of tetrazole rings is 1. The zero-order chi connectivity index (χ0) is 26.2. The van der Waals surface area contributed by atoms with Gasteiger partial charge in [0, 0.05) is 27.9 Å². The first kappa shape index (κ1) is 25.1. The fraction of sp³-hybridized carbons (Fsp3) is 0.357. The van der Waals surface area contributed by atoms with Crippen molar-refractivity contribution in [2.24, 2.45) is 0 Å². The molecule has 0 saturated carbocycles. The Morgan fingerprint density at radius 1 is 1.16 bits per heavy atom. The number of hydrogen-bond acceptors (Lipinski definition) is 7. The molecule has 0 radical (unpaired) electrons. The van der Waals surface area contributed by atoms with Gasteiger partial charge in [0.05, 0.1) is 18.3 Å². The van der Waals surface area contributed by atoms with Crippen LogP contribution >= 0.6 is 11.3 Å². The van der Waals surface area contributed by atoms with Gasteiger partial charge < -0.3 is 9.40 Å². The normalized spacial score (nSPS) is 13.0. The number of nitrogens with zero attached hydrogens (tertiary/aromatic N) is 5. The molecule has 0 aliphatic carbocycles. The van der Waals surface area contributed by atoms with Crippen LogP contribution in [0.15, 0.2) is 63.3 Å². The van der Waals surface area contributed by atoms with Crippen LogP contribution < -0.4 is 5.56 Å². The summed E-state index contributed by atoms with van der Waals surface area (Å²) in [5, 5.41) is 16.1. The standard InChI is InChI=1S/C28H32N6O2S/c1-6-28(4,5)34-26(30-31-32-34)25(23-15-22-19(3)13-18(2)14-24(22)29-27(23)35)33(16-20-9-7-11-36-20)17-21-10-8-12-37-21/h7-15,25H,6,16-17H2,1-5H3,(H,29,35)/t25-/m1/s1. The average molecular weight is 517 g/mol. The SMILES string of the molecule is CCC(C)(C)n1nnnc1[C@@H](c1cc2c(C)cc(C)cc2[nH]c1=O)N(Cc1ccco1)Cc1cccs1. The second-order valence-corrected chi connectivity index (χ2v) is 11.2. The van der Waals surface area contributed by atoms with Gasteiger partial charge >= 0.3 is 0 Å². The van der Waals surface area contributed by atoms with Crippen molar-refractivity contribution in [2.45, 2.75) is 65.7 Å². The van der Waals surface area contributed by atoms with Gasteiger partial charge in [0.2, 0.25) is 0 Å². The molecule has 8 nitrogen and oxygen atoms in total. The highest BCUT2D eigenvalue weighted by molar-refractivity contribution is 7.09. The number of fused-ring (bicyclic) bond motifs is 1. The lowest BCUT2D eigenvalue weighted by molar-refractivity contribution is 0.169. The molecule has 0 fully saturated rings. The summed E-state index contributed by atoms with van der Waals surface area (Å²) in [4.78, 5) is 20.3. The molecule has 0 bridgehead atoms. The van der Waals surface area contributed by atoms with Crippen LogP contribution in [0.5, 0.6) is 0 Å². The molecule has 37 heavy (non-hydrogen) atoms. The van der Waals surface area contributed by atoms with Gasteiger partial charge in [-0.05, 0) is 91.4 Å². The van der Waals surface area contributed by atoms with Crippen LogP contribution in [0.4, 0.5) is 0 Å². The van der Waals surface area contributed by atoms with E-state index in [0.29, 0.717) is 24.5 Å². The van der Waals surface area contributed by atoms with E-state index in [4.69, 9.17) is 4.42 Å². The lowest BCUT2D eigenvalue weighted by Crippen LogP contribution is -2.37. The van der Waals surface area contributed by atoms with E-state index in [0.717, 1.165) is 34.2 Å². The molecule has 5 rings (SSSR count). The average Bonchev–Trinajstić information content (AvgIpc) is 3.63. The van der Waals surface area contributed by atoms with Gasteiger partial charge in [-0.25, -0.2) is 4.68 Å². The van der Waals surface area contributed by atoms with Crippen molar-refractivity contribution in [3.8, 4) is 0 Å². The molecule has 5 aromatic rings. The maximum Gasteiger partial charge on any atom is 0.253 e. The molecular formula is C28H32N6O2S. The predicted octanol–water partition coefficient (Wildman–Crippen LogP) is 5.72. The molecule has 1 N–H and O–H groups in total. The Bertz CT molecular complexity index is 1510. The summed E-state index contributed by atoms with van der Waals surface area (Å²) in [6, 6.07) is 13.6. The van der Waals surface area contributed by atoms with Gasteiger partial charge in [0.1, 0.15) is 11.8 Å². The minimum absolute atomic E-state index is 0.151. The fourth-order valence-electron chi connectivity index (χ4n) is 4.78. The summed E-state index contributed by atoms with van der Waals surface area (Å²) in [5.74, 6) is 1.43. The van der Waals surface area contributed by atoms with Crippen LogP contribution in [-0.2, 0) is 18.6 Å². The van der Waals surface area contributed by atoms with Crippen molar-refractivity contribution in [1.82, 2.24) is 30.1 Å². The summed E-state index contributed by atoms with van der Waals surface area (Å²) in [7, 11) is 0. The highest BCUT2D eigenvalue weighted by Gasteiger charge is 2.35. The number of pyridine rings is 1. The largest absolute Gasteiger partial charge is 0.468 e. The van der Waals surface area contributed by atoms with Crippen LogP contribution in [0.2, 0.25) is 0 Å². The molecule has 4 heterocycles. The van der Waals surface area contributed by atoms with E-state index in [1.165, 1.54) is 4.88 Å². The Balaban J connectivity index is 1.75. The number of H-pyrrole nitrogens is 1. The van der Waals surface area contributed by atoms with E-state index in [1.54, 1.807) is 17.6 Å². The third-order valence-electron chi connectivity index (χ3n) is 7.06. The highest BCUT2D eigenvalue weighted by Crippen LogP contribution is 2.34. The van der Waals surface area contributed by atoms with E-state index in [9.17, 15) is 4.79 Å². The third kappa shape index (κ3) is 5.01. The molecule has 0 spiro atoms. The van der Waals surface area contributed by atoms with Crippen LogP contribution in [-0.4, -0.2) is 30.1 Å². The lowest BCUT2D eigenvalue weighted by Gasteiger charge is -2.33. The first-order valence-corrected chi connectivity index (χ1v) is 13.4. The number of hydrogen-bond donors (Lipinski definition) is 1. The number of nitrogens with one attached hydrogen (secondary N) is 1. The van der Waals surface area contributed by atoms with Crippen LogP contribution in [0.3, 0.4) is 0 Å². The lowest BCUT2D eigenvalue weighted by atomic mass is 9.97. The number of rotatable bonds is 9. The zero-order valence-electron chi connectivity index (χ0n) is 21.9. The van der Waals surface area contributed by atoms with E-state index in [2.05, 4.69) is 70.6 Å². The number of aryl methyl sites for hydroxylation is 2. The molecule has 4 aromatic heterocycles. The Morgan fingerprint density at radius 3 is 2.70 bits per heavy atom. The molecule has 9 heteroatoms. The Morgan fingerprint density at radius 2 is 2.00 bits per heavy atom. The molecule has 0 amide bonds. The quantitative estimate of drug-likeness (QED) is 0.269. The maximum atomic E-state index is 13.8. The van der Waals surface area contributed by atoms with Crippen molar-refractivity contribution in [3.63, 3.8) is 0 Å². The predicted molar refractivity (Wildman–Crippen MR) is 146 cm³/mol. The Kier molecular flexibility index (Phi) is 6.83. The van der Waals surface area contributed by atoms with E-state index < -0.39 is 6.04 Å². The molecule has 1 aromatic carbocycles. The van der Waals surface area contributed by atoms with E-state index in [-0.39, 0.29) is 11.1 Å². The minimum Gasteiger partial charge on any atom is -0.468 e. The molecule has 0 aliphatic heterocycles. The monoisotopic (exact) mass is 516 g/mol. The van der Waals surface area contributed by atoms with Gasteiger partial charge in [-0.15, -0.1) is 16.4 Å². The van der Waals surface area contributed by atoms with Crippen molar-refractivity contribution in [2.75, 3.05) is 0 Å². The van der Waals surface area contributed by atoms with Crippen molar-refractivity contribution in [1.29, 1.82) is 0 Å². The van der Waals surface area contributed by atoms with Gasteiger partial charge in [-0.2, -0.15) is 0 Å². The molecular weight excluding hydrogens is 484 g/mol. The number of thiophene rings is 1. The van der Waals surface area contributed by atoms with Gasteiger partial charge in [0.15, 0.2) is 5.82 Å². The van der Waals surface area contributed by atoms with Gasteiger partial charge in [-0.3, -0.25) is 9.69 Å². The summed E-state index contributed by atoms with van der Waals surface area (Å²) >= 11 is 1.68. The minimum atomic E-state index is -0.512. The van der Waals surface area contributed by atoms with Gasteiger partial charge in [0.25, 0.3) is 5.56 Å². The Hall–Kier alpha value is -3.56. The summed E-state index contributed by atoms with van der Waals surface area (Å²) in [6.45, 7) is 11.5. The van der Waals surface area contributed by atoms with Crippen LogP contribution in [0, 0.1) is 13.8 Å². The molecule has 0 aliphatic rings. The smallest absolute Gasteiger partial charge is 0.253 e. The number of aromatic nitrogens is 5. The van der Waals surface area contributed by atoms with Crippen LogP contribution in [0.1, 0.15) is 66.4 Å². The van der Waals surface area contributed by atoms with E-state index >= 15 is 0 Å². The number of aromatic amines is 1. The fourth-order valence-corrected chi connectivity index (χ4v) is 5.51. The topological polar surface area (TPSA) is 92.8 Å². The molecule has 0 unspecified atom stereocenters. The molecule has 192 valence electrons. The molecule has 0 saturated heterocycles. The Labute approximate surface area is 219 Å². The maximum absolute atomic E-state index is 13.8. The first-order chi connectivity index (χ1) is 17.8. The summed E-state index contributed by atoms with van der Waals surface area (Å²) in [6.07, 6.45) is 2.50. The number of furan rings is 1. The third-order valence-corrected chi connectivity index (χ3v) is 7.92. The van der Waals surface area contributed by atoms with E-state index in [1.807, 2.05) is 41.9 Å². The summed E-state index contributed by atoms with van der Waals surface area (Å²) < 4.78 is 7.62. The van der Waals surface area contributed by atoms with Crippen LogP contribution in [0.25, 0.3) is 10.9 Å². The van der Waals surface area contributed by atoms with Crippen molar-refractivity contribution < 1.29 is 4.42 Å². The summed E-state index contributed by atoms with van der Waals surface area (Å²) in [5.41, 5.74) is 3.15. The first-order valence-electron chi connectivity index (χ1n) is 12.5. The van der Waals surface area contributed by atoms with Crippen molar-refractivity contribution >= 4 is 22.2 Å². The molecule has 1 atom stereocenters. The van der Waals surface area contributed by atoms with Gasteiger partial charge in [-0.1, -0.05) is 19.1 Å².